The Balaban J connectivity index is 4.49. The third kappa shape index (κ3) is 17.5. The predicted octanol–water partition coefficient (Wildman–Crippen LogP) is 9.92. The number of hydrogen-bond acceptors (Lipinski definition) is 3. The first kappa shape index (κ1) is 36.1. The summed E-state index contributed by atoms with van der Waals surface area (Å²) in [6.45, 7) is 37.3. The first-order valence-electron chi connectivity index (χ1n) is 14.1. The van der Waals surface area contributed by atoms with Crippen molar-refractivity contribution in [3.63, 3.8) is 0 Å². The Bertz CT molecular complexity index is 656. The van der Waals surface area contributed by atoms with Gasteiger partial charge in [-0.05, 0) is 0 Å². The van der Waals surface area contributed by atoms with E-state index in [9.17, 15) is 4.79 Å². The summed E-state index contributed by atoms with van der Waals surface area (Å²) in [6, 6.07) is 10.6. The largest absolute Gasteiger partial charge is 0.507 e. The lowest BCUT2D eigenvalue weighted by Gasteiger charge is -2.31. The van der Waals surface area contributed by atoms with Crippen molar-refractivity contribution in [3.8, 4) is 0 Å². The fourth-order valence-corrected chi connectivity index (χ4v) is 27.4. The molecule has 0 saturated carbocycles. The average molecular weight is 603 g/mol. The second kappa shape index (κ2) is 14.4. The van der Waals surface area contributed by atoms with E-state index < -0.39 is 54.6 Å². The summed E-state index contributed by atoms with van der Waals surface area (Å²) < 4.78 is 11.3. The van der Waals surface area contributed by atoms with Crippen molar-refractivity contribution in [2.24, 2.45) is 0 Å². The molecule has 0 aromatic heterocycles. The summed E-state index contributed by atoms with van der Waals surface area (Å²) in [5.41, 5.74) is 4.46. The first-order chi connectivity index (χ1) is 16.1. The molecule has 0 heterocycles. The SMILES string of the molecule is C=C[Si](C)(C)CC[Si](C)(C)CC[Si](C)(C)COC(=O)OC[Si](C)(C)CC[Si](C)(C)CC[Si](C)(C)C=C. The maximum atomic E-state index is 12.4. The van der Waals surface area contributed by atoms with Crippen LogP contribution in [0.25, 0.3) is 0 Å². The van der Waals surface area contributed by atoms with Crippen LogP contribution in [0.5, 0.6) is 0 Å². The molecule has 0 bridgehead atoms. The zero-order valence-corrected chi connectivity index (χ0v) is 32.4. The minimum Gasteiger partial charge on any atom is -0.438 e. The summed E-state index contributed by atoms with van der Waals surface area (Å²) >= 11 is 0. The van der Waals surface area contributed by atoms with Crippen molar-refractivity contribution in [2.45, 2.75) is 127 Å². The zero-order chi connectivity index (χ0) is 28.5. The number of hydrogen-bond donors (Lipinski definition) is 0. The number of carbonyl (C=O) groups excluding carboxylic acids is 1. The van der Waals surface area contributed by atoms with Crippen molar-refractivity contribution >= 4 is 54.6 Å². The fraction of sp³-hybridized carbons (Fsp3) is 0.815. The lowest BCUT2D eigenvalue weighted by molar-refractivity contribution is 0.0777. The topological polar surface area (TPSA) is 35.5 Å². The van der Waals surface area contributed by atoms with Crippen LogP contribution in [0.15, 0.2) is 24.6 Å². The van der Waals surface area contributed by atoms with E-state index >= 15 is 0 Å². The fourth-order valence-electron chi connectivity index (χ4n) is 3.82. The van der Waals surface area contributed by atoms with E-state index in [0.717, 1.165) is 0 Å². The van der Waals surface area contributed by atoms with Gasteiger partial charge in [0.2, 0.25) is 0 Å². The Morgan fingerprint density at radius 3 is 1.03 bits per heavy atom. The van der Waals surface area contributed by atoms with Crippen LogP contribution in [0.4, 0.5) is 4.79 Å². The smallest absolute Gasteiger partial charge is 0.438 e. The molecular weight excluding hydrogens is 541 g/mol. The van der Waals surface area contributed by atoms with Crippen molar-refractivity contribution < 1.29 is 14.3 Å². The summed E-state index contributed by atoms with van der Waals surface area (Å²) in [5.74, 6) is 0. The molecular formula is C27H62O3Si6. The molecule has 0 radical (unpaired) electrons. The van der Waals surface area contributed by atoms with E-state index in [1.54, 1.807) is 0 Å². The molecule has 0 saturated heterocycles. The minimum absolute atomic E-state index is 0.443. The van der Waals surface area contributed by atoms with Gasteiger partial charge in [-0.25, -0.2) is 4.79 Å². The van der Waals surface area contributed by atoms with Crippen molar-refractivity contribution in [1.29, 1.82) is 0 Å². The van der Waals surface area contributed by atoms with Gasteiger partial charge in [-0.3, -0.25) is 0 Å². The molecule has 0 aromatic carbocycles. The quantitative estimate of drug-likeness (QED) is 0.116. The standard InChI is InChI=1S/C27H62O3Si6/c1-15-31(3,4)17-19-33(7,8)21-23-35(11,12)25-29-27(28)30-26-36(13,14)24-22-34(9,10)20-18-32(5,6)16-2/h15-16H,1-2,17-26H2,3-14H3. The molecule has 3 nitrogen and oxygen atoms in total. The van der Waals surface area contributed by atoms with Crippen molar-refractivity contribution in [1.82, 2.24) is 0 Å². The monoisotopic (exact) mass is 602 g/mol. The molecule has 0 N–H and O–H groups in total. The highest BCUT2D eigenvalue weighted by molar-refractivity contribution is 6.87. The molecule has 9 heteroatoms. The highest BCUT2D eigenvalue weighted by Gasteiger charge is 2.32. The van der Waals surface area contributed by atoms with Crippen LogP contribution in [0, 0.1) is 0 Å². The Kier molecular flexibility index (Phi) is 14.5. The van der Waals surface area contributed by atoms with Gasteiger partial charge in [-0.15, -0.1) is 24.6 Å². The normalized spacial score (nSPS) is 13.9. The van der Waals surface area contributed by atoms with Crippen LogP contribution >= 0.6 is 0 Å². The second-order valence-electron chi connectivity index (χ2n) is 15.9. The third-order valence-electron chi connectivity index (χ3n) is 8.12. The lowest BCUT2D eigenvalue weighted by Crippen LogP contribution is -2.40. The minimum atomic E-state index is -1.59. The van der Waals surface area contributed by atoms with Gasteiger partial charge >= 0.3 is 6.16 Å². The van der Waals surface area contributed by atoms with Crippen molar-refractivity contribution in [3.05, 3.63) is 24.6 Å². The van der Waals surface area contributed by atoms with Gasteiger partial charge in [0.25, 0.3) is 0 Å². The molecule has 0 aromatic rings. The maximum Gasteiger partial charge on any atom is 0.507 e. The van der Waals surface area contributed by atoms with E-state index in [1.807, 2.05) is 0 Å². The highest BCUT2D eigenvalue weighted by Crippen LogP contribution is 2.29. The van der Waals surface area contributed by atoms with E-state index in [1.165, 1.54) is 48.4 Å². The van der Waals surface area contributed by atoms with Crippen LogP contribution < -0.4 is 0 Å². The van der Waals surface area contributed by atoms with Gasteiger partial charge in [0, 0.05) is 16.1 Å². The molecule has 0 fully saturated rings. The second-order valence-corrected chi connectivity index (χ2v) is 46.5. The van der Waals surface area contributed by atoms with Crippen LogP contribution in [-0.4, -0.2) is 67.1 Å². The molecule has 0 spiro atoms. The van der Waals surface area contributed by atoms with Crippen LogP contribution in [0.1, 0.15) is 0 Å². The molecule has 0 unspecified atom stereocenters. The molecule has 212 valence electrons. The molecule has 0 aliphatic carbocycles. The average Bonchev–Trinajstić information content (AvgIpc) is 2.77. The van der Waals surface area contributed by atoms with Gasteiger partial charge in [0.15, 0.2) is 0 Å². The highest BCUT2D eigenvalue weighted by atomic mass is 28.3. The number of rotatable bonds is 18. The van der Waals surface area contributed by atoms with Crippen LogP contribution in [0.3, 0.4) is 0 Å². The van der Waals surface area contributed by atoms with Gasteiger partial charge < -0.3 is 9.47 Å². The van der Waals surface area contributed by atoms with Crippen molar-refractivity contribution in [2.75, 3.05) is 12.5 Å². The molecule has 36 heavy (non-hydrogen) atoms. The van der Waals surface area contributed by atoms with Crippen LogP contribution in [0.2, 0.25) is 127 Å². The summed E-state index contributed by atoms with van der Waals surface area (Å²) in [4.78, 5) is 12.4. The predicted molar refractivity (Wildman–Crippen MR) is 181 cm³/mol. The zero-order valence-electron chi connectivity index (χ0n) is 26.4. The summed E-state index contributed by atoms with van der Waals surface area (Å²) in [6.07, 6.45) is 0.712. The molecule has 0 amide bonds. The third-order valence-corrected chi connectivity index (χ3v) is 26.9. The van der Waals surface area contributed by atoms with E-state index in [0.29, 0.717) is 12.5 Å². The molecule has 0 aliphatic rings. The molecule has 0 atom stereocenters. The Hall–Kier alpha value is 0.0513. The van der Waals surface area contributed by atoms with Gasteiger partial charge in [0.1, 0.15) is 0 Å². The van der Waals surface area contributed by atoms with Gasteiger partial charge in [-0.2, -0.15) is 0 Å². The molecule has 0 rings (SSSR count). The lowest BCUT2D eigenvalue weighted by atomic mass is 10.9. The van der Waals surface area contributed by atoms with Gasteiger partial charge in [0.05, 0.1) is 44.8 Å². The van der Waals surface area contributed by atoms with E-state index in [4.69, 9.17) is 9.47 Å². The number of carbonyl (C=O) groups is 1. The Morgan fingerprint density at radius 1 is 0.500 bits per heavy atom. The summed E-state index contributed by atoms with van der Waals surface area (Å²) in [7, 11) is -8.06. The Morgan fingerprint density at radius 2 is 0.750 bits per heavy atom. The summed E-state index contributed by atoms with van der Waals surface area (Å²) in [5, 5.41) is 0. The maximum absolute atomic E-state index is 12.4. The Labute approximate surface area is 232 Å². The van der Waals surface area contributed by atoms with Crippen LogP contribution in [-0.2, 0) is 9.47 Å². The van der Waals surface area contributed by atoms with E-state index in [-0.39, 0.29) is 0 Å². The number of ether oxygens (including phenoxy) is 2. The first-order valence-corrected chi connectivity index (χ1v) is 34.3. The van der Waals surface area contributed by atoms with Gasteiger partial charge in [-0.1, -0.05) is 127 Å². The molecule has 0 aliphatic heterocycles. The van der Waals surface area contributed by atoms with E-state index in [2.05, 4.69) is 103 Å².